The molecule has 0 aliphatic carbocycles. The topological polar surface area (TPSA) is 201 Å². The number of benzene rings is 1. The lowest BCUT2D eigenvalue weighted by molar-refractivity contribution is -0.132. The molecule has 0 fully saturated rings. The van der Waals surface area contributed by atoms with E-state index in [0.717, 1.165) is 12.8 Å². The number of aliphatic hydroxyl groups excluding tert-OH is 1. The van der Waals surface area contributed by atoms with E-state index in [0.29, 0.717) is 30.6 Å². The molecule has 3 atom stereocenters. The van der Waals surface area contributed by atoms with Crippen LogP contribution in [0.15, 0.2) is 24.3 Å². The first-order valence-electron chi connectivity index (χ1n) is 12.3. The number of rotatable bonds is 17. The zero-order valence-electron chi connectivity index (χ0n) is 21.4. The second-order valence-electron chi connectivity index (χ2n) is 9.02. The summed E-state index contributed by atoms with van der Waals surface area (Å²) < 4.78 is 2.94. The van der Waals surface area contributed by atoms with Crippen LogP contribution >= 0.6 is 22.9 Å². The third-order valence-electron chi connectivity index (χ3n) is 5.65. The highest BCUT2D eigenvalue weighted by Crippen LogP contribution is 2.12. The number of halogens is 1. The Morgan fingerprint density at radius 2 is 1.57 bits per heavy atom. The van der Waals surface area contributed by atoms with Crippen molar-refractivity contribution in [2.45, 2.75) is 70.7 Å². The summed E-state index contributed by atoms with van der Waals surface area (Å²) in [4.78, 5) is 50.1. The highest BCUT2D eigenvalue weighted by Gasteiger charge is 2.30. The average molecular weight is 634 g/mol. The second-order valence-corrected chi connectivity index (χ2v) is 9.64. The fourth-order valence-electron chi connectivity index (χ4n) is 3.49. The number of carbonyl (C=O) groups excluding carboxylic acids is 4. The molecule has 1 rings (SSSR count). The number of nitrogens with one attached hydrogen (secondary N) is 5. The van der Waals surface area contributed by atoms with E-state index in [2.05, 4.69) is 24.8 Å². The van der Waals surface area contributed by atoms with Crippen LogP contribution in [0, 0.1) is 5.92 Å². The Bertz CT molecular complexity index is 870. The first-order valence-corrected chi connectivity index (χ1v) is 13.4. The van der Waals surface area contributed by atoms with Gasteiger partial charge < -0.3 is 37.8 Å². The van der Waals surface area contributed by atoms with Crippen molar-refractivity contribution in [1.82, 2.24) is 19.5 Å². The van der Waals surface area contributed by atoms with E-state index in [1.54, 1.807) is 38.1 Å². The summed E-state index contributed by atoms with van der Waals surface area (Å²) in [5.74, 6) is -1.49. The highest BCUT2D eigenvalue weighted by atomic mass is 127. The molecule has 0 aliphatic rings. The zero-order chi connectivity index (χ0) is 27.8. The van der Waals surface area contributed by atoms with Crippen molar-refractivity contribution in [3.63, 3.8) is 0 Å². The van der Waals surface area contributed by atoms with Gasteiger partial charge in [0.25, 0.3) is 0 Å². The summed E-state index contributed by atoms with van der Waals surface area (Å²) in [6.07, 6.45) is 2.74. The maximum atomic E-state index is 13.2. The number of hydrogen-bond acceptors (Lipinski definition) is 7. The Labute approximate surface area is 231 Å². The molecule has 12 nitrogen and oxygen atoms in total. The summed E-state index contributed by atoms with van der Waals surface area (Å²) in [6.45, 7) is 4.26. The van der Waals surface area contributed by atoms with Crippen LogP contribution < -0.4 is 36.3 Å². The van der Waals surface area contributed by atoms with Crippen LogP contribution in [0.1, 0.15) is 51.5 Å². The maximum absolute atomic E-state index is 13.2. The van der Waals surface area contributed by atoms with Crippen LogP contribution in [0.2, 0.25) is 0 Å². The zero-order valence-corrected chi connectivity index (χ0v) is 23.5. The number of unbranched alkanes of at least 4 members (excludes halogenated alkanes) is 1. The predicted molar refractivity (Wildman–Crippen MR) is 150 cm³/mol. The van der Waals surface area contributed by atoms with E-state index in [4.69, 9.17) is 11.5 Å². The standard InChI is InChI=1S/C24H40IN7O5/c1-15(2)20(31-22(35)19(32-25)6-3-4-12-26)23(36)30-18(7-5-13-28-24(27)37)21(34)29-17-10-8-16(14-33)9-11-17/h8-11,15,18-20,32-33H,3-7,12-14,26H2,1-2H3,(H,29,34)(H,30,36)(H,31,35)(H3,27,28,37)/t18-,19-,20-/m0/s1. The molecular formula is C24H40IN7O5. The van der Waals surface area contributed by atoms with E-state index in [1.807, 2.05) is 22.9 Å². The minimum Gasteiger partial charge on any atom is -0.392 e. The number of hydrogen-bond donors (Lipinski definition) is 8. The summed E-state index contributed by atoms with van der Waals surface area (Å²) >= 11 is 1.92. The molecule has 0 heterocycles. The van der Waals surface area contributed by atoms with Crippen molar-refractivity contribution in [3.05, 3.63) is 29.8 Å². The summed E-state index contributed by atoms with van der Waals surface area (Å²) in [5.41, 5.74) is 11.8. The minimum absolute atomic E-state index is 0.122. The number of aliphatic hydroxyl groups is 1. The van der Waals surface area contributed by atoms with Crippen LogP contribution in [0.5, 0.6) is 0 Å². The molecule has 208 valence electrons. The van der Waals surface area contributed by atoms with Gasteiger partial charge in [-0.1, -0.05) is 32.4 Å². The van der Waals surface area contributed by atoms with Crippen LogP contribution in [-0.2, 0) is 21.0 Å². The Morgan fingerprint density at radius 3 is 2.11 bits per heavy atom. The van der Waals surface area contributed by atoms with Crippen molar-refractivity contribution in [2.75, 3.05) is 18.4 Å². The Morgan fingerprint density at radius 1 is 0.919 bits per heavy atom. The van der Waals surface area contributed by atoms with Gasteiger partial charge in [-0.05, 0) is 55.8 Å². The largest absolute Gasteiger partial charge is 0.392 e. The van der Waals surface area contributed by atoms with E-state index < -0.39 is 36.0 Å². The molecule has 1 aromatic rings. The average Bonchev–Trinajstić information content (AvgIpc) is 2.86. The molecule has 0 bridgehead atoms. The van der Waals surface area contributed by atoms with Crippen LogP contribution in [0.3, 0.4) is 0 Å². The quantitative estimate of drug-likeness (QED) is 0.0698. The van der Waals surface area contributed by atoms with Gasteiger partial charge in [0.2, 0.25) is 17.7 Å². The lowest BCUT2D eigenvalue weighted by Gasteiger charge is -2.27. The minimum atomic E-state index is -0.930. The van der Waals surface area contributed by atoms with E-state index >= 15 is 0 Å². The smallest absolute Gasteiger partial charge is 0.312 e. The molecule has 1 aromatic carbocycles. The second kappa shape index (κ2) is 17.9. The fraction of sp³-hybridized carbons (Fsp3) is 0.583. The fourth-order valence-corrected chi connectivity index (χ4v) is 4.08. The number of primary amides is 1. The van der Waals surface area contributed by atoms with Gasteiger partial charge in [-0.3, -0.25) is 14.4 Å². The normalized spacial score (nSPS) is 13.4. The number of carbonyl (C=O) groups is 4. The van der Waals surface area contributed by atoms with Crippen molar-refractivity contribution in [1.29, 1.82) is 0 Å². The van der Waals surface area contributed by atoms with E-state index in [9.17, 15) is 24.3 Å². The highest BCUT2D eigenvalue weighted by molar-refractivity contribution is 14.1. The molecule has 0 unspecified atom stereocenters. The van der Waals surface area contributed by atoms with Crippen molar-refractivity contribution >= 4 is 52.3 Å². The SMILES string of the molecule is CC(C)[C@H](NC(=O)[C@H](CCCCN)NI)C(=O)N[C@@H](CCCNC(N)=O)C(=O)Nc1ccc(CO)cc1. The lowest BCUT2D eigenvalue weighted by Crippen LogP contribution is -2.56. The summed E-state index contributed by atoms with van der Waals surface area (Å²) in [5, 5.41) is 20.0. The molecule has 10 N–H and O–H groups in total. The molecule has 37 heavy (non-hydrogen) atoms. The third kappa shape index (κ3) is 12.5. The summed E-state index contributed by atoms with van der Waals surface area (Å²) in [6, 6.07) is 3.69. The maximum Gasteiger partial charge on any atom is 0.312 e. The van der Waals surface area contributed by atoms with Crippen LogP contribution in [0.25, 0.3) is 0 Å². The monoisotopic (exact) mass is 633 g/mol. The number of amides is 5. The van der Waals surface area contributed by atoms with Crippen LogP contribution in [0.4, 0.5) is 10.5 Å². The summed E-state index contributed by atoms with van der Waals surface area (Å²) in [7, 11) is 0. The van der Waals surface area contributed by atoms with Gasteiger partial charge in [0.1, 0.15) is 12.1 Å². The Hall–Kier alpha value is -2.49. The van der Waals surface area contributed by atoms with Gasteiger partial charge in [-0.2, -0.15) is 0 Å². The van der Waals surface area contributed by atoms with Gasteiger partial charge in [0, 0.05) is 35.1 Å². The number of nitrogens with two attached hydrogens (primary N) is 2. The van der Waals surface area contributed by atoms with E-state index in [1.165, 1.54) is 0 Å². The van der Waals surface area contributed by atoms with Gasteiger partial charge in [0.05, 0.1) is 12.6 Å². The molecule has 0 saturated carbocycles. The van der Waals surface area contributed by atoms with E-state index in [-0.39, 0.29) is 31.4 Å². The molecule has 0 radical (unpaired) electrons. The predicted octanol–water partition coefficient (Wildman–Crippen LogP) is 0.629. The van der Waals surface area contributed by atoms with Crippen molar-refractivity contribution in [2.24, 2.45) is 17.4 Å². The van der Waals surface area contributed by atoms with Crippen molar-refractivity contribution < 1.29 is 24.3 Å². The molecule has 0 aromatic heterocycles. The molecule has 0 saturated heterocycles. The van der Waals surface area contributed by atoms with Crippen LogP contribution in [-0.4, -0.2) is 60.1 Å². The van der Waals surface area contributed by atoms with Gasteiger partial charge >= 0.3 is 6.03 Å². The molecule has 13 heteroatoms. The molecule has 5 amide bonds. The van der Waals surface area contributed by atoms with Gasteiger partial charge in [0.15, 0.2) is 0 Å². The molecule has 0 aliphatic heterocycles. The Kier molecular flexibility index (Phi) is 15.7. The van der Waals surface area contributed by atoms with Gasteiger partial charge in [-0.15, -0.1) is 0 Å². The number of anilines is 1. The Balaban J connectivity index is 2.93. The number of urea groups is 1. The van der Waals surface area contributed by atoms with Gasteiger partial charge in [-0.25, -0.2) is 8.32 Å². The molecular weight excluding hydrogens is 593 g/mol. The third-order valence-corrected chi connectivity index (χ3v) is 6.40. The molecule has 0 spiro atoms. The first-order chi connectivity index (χ1) is 17.6. The first kappa shape index (κ1) is 32.5. The van der Waals surface area contributed by atoms with Crippen molar-refractivity contribution in [3.8, 4) is 0 Å². The lowest BCUT2D eigenvalue weighted by atomic mass is 10.0.